The highest BCUT2D eigenvalue weighted by atomic mass is 16.5. The van der Waals surface area contributed by atoms with Crippen molar-refractivity contribution < 1.29 is 28.8 Å². The molecule has 222 valence electrons. The summed E-state index contributed by atoms with van der Waals surface area (Å²) < 4.78 is 24.8. The first-order chi connectivity index (χ1) is 19.8. The van der Waals surface area contributed by atoms with Crippen LogP contribution < -0.4 is 14.2 Å². The standard InChI is InChI=1S/C31H42N4O6/c1-24-6-9-27(10-7-24)41-23-31(37)21-33(15-16-35(22-31)30(36)20-38-3)19-26-8-11-28(29(18-26)39-4)40-17-5-13-34-14-12-32-25(34)2/h6-12,14,18,37H,5,13,15-17,19-23H2,1-4H3/t31-/m0/s1. The summed E-state index contributed by atoms with van der Waals surface area (Å²) in [6.07, 6.45) is 4.61. The number of hydrogen-bond donors (Lipinski definition) is 1. The summed E-state index contributed by atoms with van der Waals surface area (Å²) >= 11 is 0. The molecule has 10 heteroatoms. The molecule has 1 aliphatic rings. The zero-order valence-electron chi connectivity index (χ0n) is 24.5. The Morgan fingerprint density at radius 1 is 1.02 bits per heavy atom. The van der Waals surface area contributed by atoms with E-state index in [0.717, 1.165) is 29.9 Å². The van der Waals surface area contributed by atoms with Crippen molar-refractivity contribution in [3.05, 3.63) is 71.8 Å². The highest BCUT2D eigenvalue weighted by Gasteiger charge is 2.37. The molecule has 3 aromatic rings. The Hall–Kier alpha value is -3.60. The number of ether oxygens (including phenoxy) is 4. The molecule has 1 atom stereocenters. The molecule has 2 heterocycles. The summed E-state index contributed by atoms with van der Waals surface area (Å²) in [5.41, 5.74) is 0.872. The van der Waals surface area contributed by atoms with Gasteiger partial charge in [-0.25, -0.2) is 4.98 Å². The van der Waals surface area contributed by atoms with Gasteiger partial charge in [0.05, 0.1) is 20.3 Å². The van der Waals surface area contributed by atoms with Gasteiger partial charge in [-0.1, -0.05) is 23.8 Å². The van der Waals surface area contributed by atoms with Gasteiger partial charge in [0.25, 0.3) is 0 Å². The predicted octanol–water partition coefficient (Wildman–Crippen LogP) is 3.08. The van der Waals surface area contributed by atoms with Crippen molar-refractivity contribution in [3.8, 4) is 17.2 Å². The van der Waals surface area contributed by atoms with E-state index < -0.39 is 5.60 Å². The molecule has 2 aromatic carbocycles. The Morgan fingerprint density at radius 2 is 1.83 bits per heavy atom. The maximum atomic E-state index is 12.7. The summed E-state index contributed by atoms with van der Waals surface area (Å²) in [4.78, 5) is 20.8. The first kappa shape index (κ1) is 30.4. The van der Waals surface area contributed by atoms with E-state index in [4.69, 9.17) is 18.9 Å². The predicted molar refractivity (Wildman–Crippen MR) is 155 cm³/mol. The number of rotatable bonds is 13. The van der Waals surface area contributed by atoms with E-state index in [2.05, 4.69) is 14.5 Å². The monoisotopic (exact) mass is 566 g/mol. The lowest BCUT2D eigenvalue weighted by molar-refractivity contribution is -0.138. The molecule has 0 bridgehead atoms. The number of nitrogens with zero attached hydrogens (tertiary/aromatic N) is 4. The second-order valence-electron chi connectivity index (χ2n) is 10.6. The average Bonchev–Trinajstić information content (AvgIpc) is 3.29. The van der Waals surface area contributed by atoms with E-state index in [1.54, 1.807) is 18.2 Å². The van der Waals surface area contributed by atoms with Crippen LogP contribution in [0.4, 0.5) is 0 Å². The Morgan fingerprint density at radius 3 is 2.54 bits per heavy atom. The minimum atomic E-state index is -1.27. The Balaban J connectivity index is 1.40. The van der Waals surface area contributed by atoms with Gasteiger partial charge in [0.1, 0.15) is 30.4 Å². The third kappa shape index (κ3) is 8.69. The fraction of sp³-hybridized carbons (Fsp3) is 0.484. The average molecular weight is 567 g/mol. The van der Waals surface area contributed by atoms with Gasteiger partial charge < -0.3 is 33.5 Å². The number of imidazole rings is 1. The molecule has 1 saturated heterocycles. The molecule has 1 aromatic heterocycles. The molecule has 41 heavy (non-hydrogen) atoms. The molecular formula is C31H42N4O6. The zero-order chi connectivity index (χ0) is 29.2. The molecule has 1 amide bonds. The number of aromatic nitrogens is 2. The largest absolute Gasteiger partial charge is 0.493 e. The van der Waals surface area contributed by atoms with Crippen molar-refractivity contribution >= 4 is 5.91 Å². The lowest BCUT2D eigenvalue weighted by Gasteiger charge is -2.33. The first-order valence-corrected chi connectivity index (χ1v) is 14.0. The summed E-state index contributed by atoms with van der Waals surface area (Å²) in [6.45, 7) is 7.54. The van der Waals surface area contributed by atoms with Crippen molar-refractivity contribution in [1.29, 1.82) is 0 Å². The number of aliphatic hydroxyl groups is 1. The third-order valence-electron chi connectivity index (χ3n) is 7.20. The molecule has 4 rings (SSSR count). The summed E-state index contributed by atoms with van der Waals surface area (Å²) in [5, 5.41) is 11.7. The molecule has 1 N–H and O–H groups in total. The lowest BCUT2D eigenvalue weighted by atomic mass is 10.0. The van der Waals surface area contributed by atoms with Crippen LogP contribution in [-0.4, -0.2) is 96.2 Å². The summed E-state index contributed by atoms with van der Waals surface area (Å²) in [5.74, 6) is 2.85. The molecule has 0 saturated carbocycles. The highest BCUT2D eigenvalue weighted by molar-refractivity contribution is 5.77. The number of methoxy groups -OCH3 is 2. The number of carbonyl (C=O) groups is 1. The van der Waals surface area contributed by atoms with E-state index in [9.17, 15) is 9.90 Å². The van der Waals surface area contributed by atoms with E-state index in [0.29, 0.717) is 50.0 Å². The first-order valence-electron chi connectivity index (χ1n) is 14.0. The molecule has 0 unspecified atom stereocenters. The van der Waals surface area contributed by atoms with Crippen molar-refractivity contribution in [2.24, 2.45) is 0 Å². The zero-order valence-corrected chi connectivity index (χ0v) is 24.5. The van der Waals surface area contributed by atoms with Crippen molar-refractivity contribution in [3.63, 3.8) is 0 Å². The number of carbonyl (C=O) groups excluding carboxylic acids is 1. The summed E-state index contributed by atoms with van der Waals surface area (Å²) in [6, 6.07) is 13.6. The maximum Gasteiger partial charge on any atom is 0.248 e. The fourth-order valence-electron chi connectivity index (χ4n) is 4.99. The van der Waals surface area contributed by atoms with Crippen molar-refractivity contribution in [1.82, 2.24) is 19.4 Å². The topological polar surface area (TPSA) is 98.5 Å². The molecule has 0 radical (unpaired) electrons. The van der Waals surface area contributed by atoms with Crippen LogP contribution in [0.2, 0.25) is 0 Å². The smallest absolute Gasteiger partial charge is 0.248 e. The lowest BCUT2D eigenvalue weighted by Crippen LogP contribution is -2.52. The van der Waals surface area contributed by atoms with Gasteiger partial charge >= 0.3 is 0 Å². The third-order valence-corrected chi connectivity index (χ3v) is 7.20. The van der Waals surface area contributed by atoms with E-state index >= 15 is 0 Å². The van der Waals surface area contributed by atoms with Gasteiger partial charge in [-0.15, -0.1) is 0 Å². The Kier molecular flexibility index (Phi) is 10.6. The fourth-order valence-corrected chi connectivity index (χ4v) is 4.99. The van der Waals surface area contributed by atoms with Crippen LogP contribution in [0.1, 0.15) is 23.4 Å². The molecule has 0 aliphatic carbocycles. The number of amides is 1. The van der Waals surface area contributed by atoms with Crippen molar-refractivity contribution in [2.75, 3.05) is 60.2 Å². The second-order valence-corrected chi connectivity index (χ2v) is 10.6. The number of β-amino-alcohol motifs (C(OH)–C–C–N with tert-alkyl or cyclic N) is 1. The van der Waals surface area contributed by atoms with Crippen LogP contribution in [-0.2, 0) is 22.6 Å². The van der Waals surface area contributed by atoms with Crippen LogP contribution in [0.5, 0.6) is 17.2 Å². The normalized spacial score (nSPS) is 17.7. The van der Waals surface area contributed by atoms with Crippen molar-refractivity contribution in [2.45, 2.75) is 39.0 Å². The number of benzene rings is 2. The maximum absolute atomic E-state index is 12.7. The SMILES string of the molecule is COCC(=O)N1CCN(Cc2ccc(OCCCn3ccnc3C)c(OC)c2)C[C@@](O)(COc2ccc(C)cc2)C1. The van der Waals surface area contributed by atoms with Gasteiger partial charge in [0, 0.05) is 52.2 Å². The number of hydrogen-bond acceptors (Lipinski definition) is 8. The second kappa shape index (κ2) is 14.3. The van der Waals surface area contributed by atoms with Crippen LogP contribution >= 0.6 is 0 Å². The molecule has 1 aliphatic heterocycles. The quantitative estimate of drug-likeness (QED) is 0.315. The van der Waals surface area contributed by atoms with E-state index in [1.807, 2.05) is 62.5 Å². The Bertz CT molecular complexity index is 1260. The molecular weight excluding hydrogens is 524 g/mol. The van der Waals surface area contributed by atoms with Crippen LogP contribution in [0.3, 0.4) is 0 Å². The van der Waals surface area contributed by atoms with E-state index in [-0.39, 0.29) is 25.7 Å². The highest BCUT2D eigenvalue weighted by Crippen LogP contribution is 2.29. The number of aryl methyl sites for hydroxylation is 3. The summed E-state index contributed by atoms with van der Waals surface area (Å²) in [7, 11) is 3.13. The Labute approximate surface area is 242 Å². The van der Waals surface area contributed by atoms with Crippen LogP contribution in [0.15, 0.2) is 54.9 Å². The molecule has 0 spiro atoms. The minimum absolute atomic E-state index is 0.0323. The molecule has 1 fully saturated rings. The van der Waals surface area contributed by atoms with Crippen LogP contribution in [0, 0.1) is 13.8 Å². The van der Waals surface area contributed by atoms with Gasteiger partial charge in [0.2, 0.25) is 5.91 Å². The van der Waals surface area contributed by atoms with Gasteiger partial charge in [-0.3, -0.25) is 9.69 Å². The van der Waals surface area contributed by atoms with Gasteiger partial charge in [0.15, 0.2) is 11.5 Å². The minimum Gasteiger partial charge on any atom is -0.493 e. The van der Waals surface area contributed by atoms with Crippen LogP contribution in [0.25, 0.3) is 0 Å². The van der Waals surface area contributed by atoms with E-state index in [1.165, 1.54) is 7.11 Å². The van der Waals surface area contributed by atoms with Gasteiger partial charge in [-0.05, 0) is 50.1 Å². The molecule has 10 nitrogen and oxygen atoms in total. The van der Waals surface area contributed by atoms with Gasteiger partial charge in [-0.2, -0.15) is 0 Å².